The lowest BCUT2D eigenvalue weighted by molar-refractivity contribution is 0.0254. The minimum Gasteiger partial charge on any atom is -0.489 e. The fourth-order valence-corrected chi connectivity index (χ4v) is 4.03. The molecule has 8 heteroatoms. The van der Waals surface area contributed by atoms with Gasteiger partial charge in [0.2, 0.25) is 0 Å². The van der Waals surface area contributed by atoms with Crippen LogP contribution in [0.1, 0.15) is 29.8 Å². The highest BCUT2D eigenvalue weighted by atomic mass is 16.5. The lowest BCUT2D eigenvalue weighted by Gasteiger charge is -2.36. The van der Waals surface area contributed by atoms with Gasteiger partial charge in [0.25, 0.3) is 0 Å². The minimum atomic E-state index is -0.258. The number of hydrogen-bond donors (Lipinski definition) is 1. The summed E-state index contributed by atoms with van der Waals surface area (Å²) < 4.78 is 11.4. The number of β-amino-alcohol motifs (C(OH)–C–C–N with tert-alkyl or cyclic N) is 1. The van der Waals surface area contributed by atoms with E-state index in [-0.39, 0.29) is 12.2 Å². The summed E-state index contributed by atoms with van der Waals surface area (Å²) in [5, 5.41) is 19.1. The van der Waals surface area contributed by atoms with E-state index in [4.69, 9.17) is 14.5 Å². The molecule has 8 nitrogen and oxygen atoms in total. The molecule has 1 N–H and O–H groups in total. The normalized spacial score (nSPS) is 16.8. The second-order valence-electron chi connectivity index (χ2n) is 8.37. The summed E-state index contributed by atoms with van der Waals surface area (Å²) in [5.74, 6) is 2.15. The number of nitriles is 1. The summed E-state index contributed by atoms with van der Waals surface area (Å²) in [5.41, 5.74) is 3.11. The number of aliphatic hydroxyl groups excluding tert-OH is 1. The molecule has 5 rings (SSSR count). The van der Waals surface area contributed by atoms with Gasteiger partial charge in [-0.25, -0.2) is 15.0 Å². The SMILES string of the molecule is N#Cc1cc(-c2ccnc(Cc3ccc(N4CC(O)C4)nc3)n2)ccc1OC1CCOCC1. The predicted octanol–water partition coefficient (Wildman–Crippen LogP) is 2.74. The maximum Gasteiger partial charge on any atom is 0.137 e. The van der Waals surface area contributed by atoms with Crippen LogP contribution in [0.2, 0.25) is 0 Å². The van der Waals surface area contributed by atoms with Gasteiger partial charge in [-0.05, 0) is 35.9 Å². The Labute approximate surface area is 192 Å². The summed E-state index contributed by atoms with van der Waals surface area (Å²) in [4.78, 5) is 15.6. The number of aromatic nitrogens is 3. The van der Waals surface area contributed by atoms with Gasteiger partial charge < -0.3 is 19.5 Å². The molecular formula is C25H25N5O3. The zero-order chi connectivity index (χ0) is 22.6. The molecule has 2 aromatic heterocycles. The van der Waals surface area contributed by atoms with E-state index in [2.05, 4.69) is 16.0 Å². The molecule has 33 heavy (non-hydrogen) atoms. The van der Waals surface area contributed by atoms with Gasteiger partial charge >= 0.3 is 0 Å². The fraction of sp³-hybridized carbons (Fsp3) is 0.360. The van der Waals surface area contributed by atoms with Crippen molar-refractivity contribution in [3.05, 3.63) is 65.7 Å². The van der Waals surface area contributed by atoms with E-state index in [0.717, 1.165) is 35.5 Å². The van der Waals surface area contributed by atoms with Crippen molar-refractivity contribution in [3.8, 4) is 23.1 Å². The van der Waals surface area contributed by atoms with Gasteiger partial charge in [-0.1, -0.05) is 6.07 Å². The molecule has 2 aliphatic heterocycles. The van der Waals surface area contributed by atoms with Crippen molar-refractivity contribution in [3.63, 3.8) is 0 Å². The van der Waals surface area contributed by atoms with E-state index in [1.807, 2.05) is 47.5 Å². The molecule has 0 unspecified atom stereocenters. The Kier molecular flexibility index (Phi) is 6.15. The van der Waals surface area contributed by atoms with Crippen LogP contribution in [0.3, 0.4) is 0 Å². The molecule has 4 heterocycles. The number of benzene rings is 1. The predicted molar refractivity (Wildman–Crippen MR) is 122 cm³/mol. The van der Waals surface area contributed by atoms with E-state index < -0.39 is 0 Å². The Morgan fingerprint density at radius 2 is 1.97 bits per heavy atom. The van der Waals surface area contributed by atoms with E-state index >= 15 is 0 Å². The summed E-state index contributed by atoms with van der Waals surface area (Å²) >= 11 is 0. The molecular weight excluding hydrogens is 418 g/mol. The number of aliphatic hydroxyl groups is 1. The zero-order valence-corrected chi connectivity index (χ0v) is 18.2. The first-order valence-corrected chi connectivity index (χ1v) is 11.2. The average Bonchev–Trinajstić information content (AvgIpc) is 2.84. The molecule has 0 atom stereocenters. The highest BCUT2D eigenvalue weighted by Gasteiger charge is 2.25. The van der Waals surface area contributed by atoms with Crippen LogP contribution in [0.4, 0.5) is 5.82 Å². The number of nitrogens with zero attached hydrogens (tertiary/aromatic N) is 5. The van der Waals surface area contributed by atoms with Crippen LogP contribution < -0.4 is 9.64 Å². The fourth-order valence-electron chi connectivity index (χ4n) is 4.03. The van der Waals surface area contributed by atoms with Crippen LogP contribution in [0.15, 0.2) is 48.8 Å². The molecule has 1 aromatic carbocycles. The second-order valence-corrected chi connectivity index (χ2v) is 8.37. The van der Waals surface area contributed by atoms with Gasteiger partial charge in [-0.3, -0.25) is 0 Å². The summed E-state index contributed by atoms with van der Waals surface area (Å²) in [6, 6.07) is 13.7. The number of ether oxygens (including phenoxy) is 2. The van der Waals surface area contributed by atoms with Gasteiger partial charge in [0.05, 0.1) is 30.6 Å². The van der Waals surface area contributed by atoms with Crippen LogP contribution >= 0.6 is 0 Å². The Morgan fingerprint density at radius 1 is 1.12 bits per heavy atom. The van der Waals surface area contributed by atoms with Gasteiger partial charge in [-0.15, -0.1) is 0 Å². The first kappa shape index (κ1) is 21.3. The van der Waals surface area contributed by atoms with Crippen LogP contribution in [0, 0.1) is 11.3 Å². The third-order valence-electron chi connectivity index (χ3n) is 5.92. The van der Waals surface area contributed by atoms with E-state index in [0.29, 0.717) is 49.9 Å². The molecule has 2 fully saturated rings. The topological polar surface area (TPSA) is 104 Å². The number of hydrogen-bond acceptors (Lipinski definition) is 8. The Hall–Kier alpha value is -3.54. The minimum absolute atomic E-state index is 0.0773. The van der Waals surface area contributed by atoms with Crippen LogP contribution in [0.25, 0.3) is 11.3 Å². The molecule has 2 aliphatic rings. The quantitative estimate of drug-likeness (QED) is 0.620. The summed E-state index contributed by atoms with van der Waals surface area (Å²) in [6.07, 6.45) is 5.60. The van der Waals surface area contributed by atoms with Crippen molar-refractivity contribution in [2.75, 3.05) is 31.2 Å². The maximum atomic E-state index is 9.65. The maximum absolute atomic E-state index is 9.65. The molecule has 0 bridgehead atoms. The van der Waals surface area contributed by atoms with Gasteiger partial charge in [-0.2, -0.15) is 5.26 Å². The van der Waals surface area contributed by atoms with E-state index in [1.165, 1.54) is 0 Å². The van der Waals surface area contributed by atoms with Crippen LogP contribution in [-0.4, -0.2) is 58.6 Å². The molecule has 168 valence electrons. The summed E-state index contributed by atoms with van der Waals surface area (Å²) in [6.45, 7) is 2.63. The third kappa shape index (κ3) is 4.95. The Bertz CT molecular complexity index is 1150. The molecule has 0 saturated carbocycles. The largest absolute Gasteiger partial charge is 0.489 e. The monoisotopic (exact) mass is 443 g/mol. The van der Waals surface area contributed by atoms with Gasteiger partial charge in [0, 0.05) is 50.3 Å². The molecule has 3 aromatic rings. The van der Waals surface area contributed by atoms with Crippen molar-refractivity contribution < 1.29 is 14.6 Å². The van der Waals surface area contributed by atoms with Gasteiger partial charge in [0.15, 0.2) is 0 Å². The lowest BCUT2D eigenvalue weighted by Crippen LogP contribution is -2.51. The lowest BCUT2D eigenvalue weighted by atomic mass is 10.1. The molecule has 0 radical (unpaired) electrons. The van der Waals surface area contributed by atoms with Crippen molar-refractivity contribution in [1.82, 2.24) is 15.0 Å². The molecule has 2 saturated heterocycles. The van der Waals surface area contributed by atoms with Crippen molar-refractivity contribution >= 4 is 5.82 Å². The van der Waals surface area contributed by atoms with Gasteiger partial charge in [0.1, 0.15) is 29.6 Å². The Balaban J connectivity index is 1.29. The molecule has 0 amide bonds. The summed E-state index contributed by atoms with van der Waals surface area (Å²) in [7, 11) is 0. The zero-order valence-electron chi connectivity index (χ0n) is 18.2. The average molecular weight is 444 g/mol. The Morgan fingerprint density at radius 3 is 2.70 bits per heavy atom. The van der Waals surface area contributed by atoms with Crippen molar-refractivity contribution in [2.45, 2.75) is 31.5 Å². The standard InChI is InChI=1S/C25H25N5O3/c26-13-19-12-18(2-3-23(19)33-21-6-9-32-10-7-21)22-5-8-27-24(29-22)11-17-1-4-25(28-14-17)30-15-20(31)16-30/h1-5,8,12,14,20-21,31H,6-7,9-11,15-16H2. The second kappa shape index (κ2) is 9.53. The first-order valence-electron chi connectivity index (χ1n) is 11.2. The van der Waals surface area contributed by atoms with Crippen molar-refractivity contribution in [1.29, 1.82) is 5.26 Å². The van der Waals surface area contributed by atoms with Crippen molar-refractivity contribution in [2.24, 2.45) is 0 Å². The smallest absolute Gasteiger partial charge is 0.137 e. The molecule has 0 aliphatic carbocycles. The third-order valence-corrected chi connectivity index (χ3v) is 5.92. The molecule has 0 spiro atoms. The van der Waals surface area contributed by atoms with Crippen LogP contribution in [0.5, 0.6) is 5.75 Å². The number of anilines is 1. The first-order chi connectivity index (χ1) is 16.2. The van der Waals surface area contributed by atoms with E-state index in [1.54, 1.807) is 6.20 Å². The number of pyridine rings is 1. The highest BCUT2D eigenvalue weighted by molar-refractivity contribution is 5.64. The van der Waals surface area contributed by atoms with Crippen LogP contribution in [-0.2, 0) is 11.2 Å². The number of rotatable bonds is 6. The highest BCUT2D eigenvalue weighted by Crippen LogP contribution is 2.28. The van der Waals surface area contributed by atoms with E-state index in [9.17, 15) is 10.4 Å².